The highest BCUT2D eigenvalue weighted by molar-refractivity contribution is 5.68. The summed E-state index contributed by atoms with van der Waals surface area (Å²) in [6.07, 6.45) is -11.0. The second kappa shape index (κ2) is 7.54. The number of alkyl halides is 6. The summed E-state index contributed by atoms with van der Waals surface area (Å²) in [7, 11) is 0. The molecule has 2 N–H and O–H groups in total. The van der Waals surface area contributed by atoms with Gasteiger partial charge in [-0.25, -0.2) is 0 Å². The van der Waals surface area contributed by atoms with Crippen LogP contribution in [-0.4, -0.2) is 34.2 Å². The number of anilines is 1. The average molecular weight is 455 g/mol. The standard InChI is InChI=1S/C22H19F6N3O/c1-13-10-18(30-29-13)15-4-7-19-16(11-15)8-9-31(19)12-14-2-5-17(6-3-14)20(32,21(23,24)25)22(26,27)28/h2-7,10-11,32H,8-9,12H2,1H3,(H,29,30). The van der Waals surface area contributed by atoms with E-state index >= 15 is 0 Å². The van der Waals surface area contributed by atoms with Gasteiger partial charge >= 0.3 is 12.4 Å². The number of halogens is 6. The number of nitrogens with one attached hydrogen (secondary N) is 1. The van der Waals surface area contributed by atoms with Crippen molar-refractivity contribution in [3.05, 3.63) is 70.9 Å². The summed E-state index contributed by atoms with van der Waals surface area (Å²) in [5.41, 5.74) is -0.862. The predicted octanol–water partition coefficient (Wildman–Crippen LogP) is 5.26. The van der Waals surface area contributed by atoms with Crippen LogP contribution in [0.4, 0.5) is 32.0 Å². The highest BCUT2D eigenvalue weighted by Gasteiger charge is 2.71. The largest absolute Gasteiger partial charge is 0.430 e. The minimum absolute atomic E-state index is 0.312. The molecular formula is C22H19F6N3O. The number of H-pyrrole nitrogens is 1. The van der Waals surface area contributed by atoms with Crippen LogP contribution < -0.4 is 4.90 Å². The first-order chi connectivity index (χ1) is 14.9. The lowest BCUT2D eigenvalue weighted by atomic mass is 9.91. The van der Waals surface area contributed by atoms with E-state index in [1.54, 1.807) is 0 Å². The molecule has 0 aliphatic carbocycles. The van der Waals surface area contributed by atoms with Crippen LogP contribution in [0.25, 0.3) is 11.3 Å². The van der Waals surface area contributed by atoms with Gasteiger partial charge in [-0.1, -0.05) is 30.3 Å². The van der Waals surface area contributed by atoms with Crippen LogP contribution in [0.3, 0.4) is 0 Å². The molecule has 1 aliphatic heterocycles. The van der Waals surface area contributed by atoms with Crippen molar-refractivity contribution in [2.75, 3.05) is 11.4 Å². The second-order valence-electron chi connectivity index (χ2n) is 7.84. The third kappa shape index (κ3) is 3.72. The van der Waals surface area contributed by atoms with Gasteiger partial charge in [-0.3, -0.25) is 5.10 Å². The van der Waals surface area contributed by atoms with Gasteiger partial charge in [0.05, 0.1) is 11.4 Å². The Bertz CT molecular complexity index is 1100. The minimum Gasteiger partial charge on any atom is -0.369 e. The number of hydrogen-bond acceptors (Lipinski definition) is 3. The molecule has 2 aromatic carbocycles. The van der Waals surface area contributed by atoms with Crippen LogP contribution in [0.15, 0.2) is 48.5 Å². The smallest absolute Gasteiger partial charge is 0.369 e. The first-order valence-electron chi connectivity index (χ1n) is 9.75. The third-order valence-electron chi connectivity index (χ3n) is 5.65. The molecule has 4 rings (SSSR count). The Morgan fingerprint density at radius 3 is 2.19 bits per heavy atom. The Labute approximate surface area is 179 Å². The third-order valence-corrected chi connectivity index (χ3v) is 5.65. The molecule has 0 radical (unpaired) electrons. The molecule has 32 heavy (non-hydrogen) atoms. The maximum atomic E-state index is 13.1. The first-order valence-corrected chi connectivity index (χ1v) is 9.75. The highest BCUT2D eigenvalue weighted by atomic mass is 19.4. The molecule has 0 unspecified atom stereocenters. The van der Waals surface area contributed by atoms with E-state index in [1.165, 1.54) is 12.1 Å². The average Bonchev–Trinajstić information content (AvgIpc) is 3.32. The Kier molecular flexibility index (Phi) is 5.23. The molecule has 0 saturated heterocycles. The van der Waals surface area contributed by atoms with E-state index in [0.29, 0.717) is 30.8 Å². The van der Waals surface area contributed by atoms with E-state index in [4.69, 9.17) is 0 Å². The van der Waals surface area contributed by atoms with E-state index in [1.807, 2.05) is 36.1 Å². The fourth-order valence-electron chi connectivity index (χ4n) is 3.93. The number of aliphatic hydroxyl groups is 1. The van der Waals surface area contributed by atoms with Gasteiger partial charge in [0.25, 0.3) is 5.60 Å². The van der Waals surface area contributed by atoms with Crippen LogP contribution >= 0.6 is 0 Å². The Hall–Kier alpha value is -3.01. The fraction of sp³-hybridized carbons (Fsp3) is 0.318. The number of aromatic nitrogens is 2. The monoisotopic (exact) mass is 455 g/mol. The molecule has 3 aromatic rings. The highest BCUT2D eigenvalue weighted by Crippen LogP contribution is 2.50. The first kappa shape index (κ1) is 22.2. The number of aryl methyl sites for hydroxylation is 1. The molecule has 0 bridgehead atoms. The fourth-order valence-corrected chi connectivity index (χ4v) is 3.93. The second-order valence-corrected chi connectivity index (χ2v) is 7.84. The summed E-state index contributed by atoms with van der Waals surface area (Å²) < 4.78 is 78.3. The van der Waals surface area contributed by atoms with Crippen LogP contribution in [0, 0.1) is 6.92 Å². The molecule has 0 saturated carbocycles. The Balaban J connectivity index is 1.54. The van der Waals surface area contributed by atoms with Crippen LogP contribution in [0.1, 0.15) is 22.4 Å². The zero-order valence-electron chi connectivity index (χ0n) is 16.8. The summed E-state index contributed by atoms with van der Waals surface area (Å²) in [6, 6.07) is 11.6. The van der Waals surface area contributed by atoms with Gasteiger partial charge in [0.2, 0.25) is 0 Å². The van der Waals surface area contributed by atoms with E-state index in [9.17, 15) is 31.4 Å². The lowest BCUT2D eigenvalue weighted by molar-refractivity contribution is -0.376. The Morgan fingerprint density at radius 1 is 0.969 bits per heavy atom. The van der Waals surface area contributed by atoms with E-state index in [-0.39, 0.29) is 0 Å². The van der Waals surface area contributed by atoms with Gasteiger partial charge in [0, 0.05) is 24.3 Å². The maximum absolute atomic E-state index is 13.1. The van der Waals surface area contributed by atoms with Gasteiger partial charge in [0.1, 0.15) is 0 Å². The van der Waals surface area contributed by atoms with Crippen molar-refractivity contribution in [2.45, 2.75) is 37.8 Å². The molecule has 2 heterocycles. The number of hydrogen-bond donors (Lipinski definition) is 2. The summed E-state index contributed by atoms with van der Waals surface area (Å²) in [6.45, 7) is 2.86. The molecule has 0 fully saturated rings. The van der Waals surface area contributed by atoms with Crippen molar-refractivity contribution < 1.29 is 31.4 Å². The minimum atomic E-state index is -5.90. The van der Waals surface area contributed by atoms with Gasteiger partial charge in [0.15, 0.2) is 0 Å². The van der Waals surface area contributed by atoms with Gasteiger partial charge < -0.3 is 10.0 Å². The molecule has 10 heteroatoms. The van der Waals surface area contributed by atoms with Gasteiger partial charge in [-0.2, -0.15) is 31.4 Å². The van der Waals surface area contributed by atoms with E-state index < -0.39 is 23.5 Å². The van der Waals surface area contributed by atoms with Crippen molar-refractivity contribution in [3.63, 3.8) is 0 Å². The van der Waals surface area contributed by atoms with Crippen molar-refractivity contribution in [1.29, 1.82) is 0 Å². The van der Waals surface area contributed by atoms with E-state index in [0.717, 1.165) is 34.6 Å². The number of nitrogens with zero attached hydrogens (tertiary/aromatic N) is 2. The zero-order chi connectivity index (χ0) is 23.3. The predicted molar refractivity (Wildman–Crippen MR) is 106 cm³/mol. The summed E-state index contributed by atoms with van der Waals surface area (Å²) in [5, 5.41) is 16.6. The lowest BCUT2D eigenvalue weighted by Crippen LogP contribution is -2.53. The number of aromatic amines is 1. The maximum Gasteiger partial charge on any atom is 0.430 e. The molecule has 1 aliphatic rings. The summed E-state index contributed by atoms with van der Waals surface area (Å²) >= 11 is 0. The SMILES string of the molecule is Cc1cc(-c2ccc3c(c2)CCN3Cc2ccc(C(O)(C(F)(F)F)C(F)(F)F)cc2)[nH]n1. The number of rotatable bonds is 4. The van der Waals surface area contributed by atoms with Gasteiger partial charge in [-0.05, 0) is 48.2 Å². The molecule has 0 atom stereocenters. The molecule has 4 nitrogen and oxygen atoms in total. The molecular weight excluding hydrogens is 436 g/mol. The van der Waals surface area contributed by atoms with Crippen LogP contribution in [-0.2, 0) is 18.6 Å². The summed E-state index contributed by atoms with van der Waals surface area (Å²) in [4.78, 5) is 2.01. The van der Waals surface area contributed by atoms with Crippen molar-refractivity contribution in [3.8, 4) is 11.3 Å². The molecule has 0 amide bonds. The van der Waals surface area contributed by atoms with Crippen molar-refractivity contribution >= 4 is 5.69 Å². The molecule has 1 aromatic heterocycles. The van der Waals surface area contributed by atoms with E-state index in [2.05, 4.69) is 10.2 Å². The normalized spacial score (nSPS) is 14.7. The topological polar surface area (TPSA) is 52.1 Å². The molecule has 170 valence electrons. The summed E-state index contributed by atoms with van der Waals surface area (Å²) in [5.74, 6) is 0. The molecule has 0 spiro atoms. The van der Waals surface area contributed by atoms with Crippen LogP contribution in [0.2, 0.25) is 0 Å². The quantitative estimate of drug-likeness (QED) is 0.528. The van der Waals surface area contributed by atoms with Crippen LogP contribution in [0.5, 0.6) is 0 Å². The number of benzene rings is 2. The van der Waals surface area contributed by atoms with Crippen molar-refractivity contribution in [1.82, 2.24) is 10.2 Å². The zero-order valence-corrected chi connectivity index (χ0v) is 16.8. The van der Waals surface area contributed by atoms with Crippen molar-refractivity contribution in [2.24, 2.45) is 0 Å². The number of fused-ring (bicyclic) bond motifs is 1. The van der Waals surface area contributed by atoms with Gasteiger partial charge in [-0.15, -0.1) is 0 Å². The Morgan fingerprint density at radius 2 is 1.62 bits per heavy atom. The lowest BCUT2D eigenvalue weighted by Gasteiger charge is -2.32.